The third-order valence-electron chi connectivity index (χ3n) is 5.74. The lowest BCUT2D eigenvalue weighted by Gasteiger charge is -2.13. The summed E-state index contributed by atoms with van der Waals surface area (Å²) in [4.78, 5) is 12.7. The van der Waals surface area contributed by atoms with Gasteiger partial charge >= 0.3 is 0 Å². The molecular weight excluding hydrogens is 553 g/mol. The first-order valence-electron chi connectivity index (χ1n) is 11.1. The van der Waals surface area contributed by atoms with Crippen molar-refractivity contribution in [1.82, 2.24) is 0 Å². The van der Waals surface area contributed by atoms with Crippen molar-refractivity contribution >= 4 is 67.1 Å². The summed E-state index contributed by atoms with van der Waals surface area (Å²) < 4.78 is 37.8. The number of nitrogens with one attached hydrogen (secondary N) is 1. The summed E-state index contributed by atoms with van der Waals surface area (Å²) >= 11 is 12.5. The zero-order valence-electron chi connectivity index (χ0n) is 20.1. The number of anilines is 1. The summed E-state index contributed by atoms with van der Waals surface area (Å²) in [5.41, 5.74) is 0.825. The number of nitrogens with zero attached hydrogens (tertiary/aromatic N) is 2. The van der Waals surface area contributed by atoms with Crippen molar-refractivity contribution in [3.05, 3.63) is 81.8 Å². The lowest BCUT2D eigenvalue weighted by molar-refractivity contribution is 0.102. The molecule has 0 saturated carbocycles. The van der Waals surface area contributed by atoms with Gasteiger partial charge in [0.15, 0.2) is 5.75 Å². The van der Waals surface area contributed by atoms with Crippen LogP contribution in [0, 0.1) is 0 Å². The molecule has 9 nitrogen and oxygen atoms in total. The van der Waals surface area contributed by atoms with Crippen molar-refractivity contribution in [2.24, 2.45) is 10.2 Å². The number of aromatic hydroxyl groups is 1. The Bertz CT molecular complexity index is 1710. The average Bonchev–Trinajstić information content (AvgIpc) is 2.88. The fourth-order valence-electron chi connectivity index (χ4n) is 3.83. The molecular formula is C26H21Cl2N3O6S. The van der Waals surface area contributed by atoms with Crippen molar-refractivity contribution in [2.45, 2.75) is 18.2 Å². The lowest BCUT2D eigenvalue weighted by atomic mass is 10.0. The van der Waals surface area contributed by atoms with E-state index in [1.807, 2.05) is 0 Å². The summed E-state index contributed by atoms with van der Waals surface area (Å²) in [6, 6.07) is 15.7. The van der Waals surface area contributed by atoms with Crippen LogP contribution in [0.15, 0.2) is 75.8 Å². The molecule has 0 radical (unpaired) electrons. The summed E-state index contributed by atoms with van der Waals surface area (Å²) in [6.07, 6.45) is 0.286. The molecule has 4 aromatic carbocycles. The molecule has 38 heavy (non-hydrogen) atoms. The van der Waals surface area contributed by atoms with Crippen LogP contribution in [-0.4, -0.2) is 31.1 Å². The van der Waals surface area contributed by atoms with Crippen molar-refractivity contribution < 1.29 is 27.6 Å². The number of azo groups is 1. The van der Waals surface area contributed by atoms with Crippen molar-refractivity contribution in [3.63, 3.8) is 0 Å². The van der Waals surface area contributed by atoms with Gasteiger partial charge in [-0.3, -0.25) is 9.35 Å². The molecule has 0 aliphatic carbocycles. The topological polar surface area (TPSA) is 138 Å². The molecule has 0 aromatic heterocycles. The van der Waals surface area contributed by atoms with E-state index >= 15 is 0 Å². The number of phenolic OH excluding ortho intramolecular Hbond substituents is 1. The van der Waals surface area contributed by atoms with Gasteiger partial charge < -0.3 is 15.2 Å². The number of methoxy groups -OCH3 is 1. The number of hydrogen-bond acceptors (Lipinski definition) is 7. The second-order valence-corrected chi connectivity index (χ2v) is 10.2. The van der Waals surface area contributed by atoms with Gasteiger partial charge in [-0.1, -0.05) is 54.4 Å². The first kappa shape index (κ1) is 27.3. The number of phenols is 1. The molecule has 1 amide bonds. The fourth-order valence-corrected chi connectivity index (χ4v) is 5.22. The van der Waals surface area contributed by atoms with Crippen LogP contribution in [0.1, 0.15) is 22.8 Å². The molecule has 12 heteroatoms. The minimum atomic E-state index is -4.54. The Kier molecular flexibility index (Phi) is 7.89. The molecule has 3 N–H and O–H groups in total. The highest BCUT2D eigenvalue weighted by atomic mass is 35.5. The van der Waals surface area contributed by atoms with Crippen LogP contribution < -0.4 is 10.1 Å². The normalized spacial score (nSPS) is 11.7. The number of carbonyl (C=O) groups excluding carboxylic acids is 1. The Hall–Kier alpha value is -3.70. The first-order valence-corrected chi connectivity index (χ1v) is 13.3. The van der Waals surface area contributed by atoms with Crippen LogP contribution in [0.3, 0.4) is 0 Å². The largest absolute Gasteiger partial charge is 0.505 e. The third kappa shape index (κ3) is 5.44. The second kappa shape index (κ2) is 11.0. The lowest BCUT2D eigenvalue weighted by Crippen LogP contribution is -2.12. The maximum Gasteiger partial charge on any atom is 0.296 e. The Balaban J connectivity index is 1.79. The number of rotatable bonds is 7. The van der Waals surface area contributed by atoms with Gasteiger partial charge in [-0.2, -0.15) is 13.5 Å². The second-order valence-electron chi connectivity index (χ2n) is 8.05. The van der Waals surface area contributed by atoms with E-state index in [4.69, 9.17) is 27.9 Å². The van der Waals surface area contributed by atoms with Crippen LogP contribution in [0.25, 0.3) is 10.8 Å². The van der Waals surface area contributed by atoms with E-state index in [2.05, 4.69) is 15.5 Å². The maximum absolute atomic E-state index is 13.2. The van der Waals surface area contributed by atoms with Crippen LogP contribution >= 0.6 is 23.2 Å². The van der Waals surface area contributed by atoms with Crippen molar-refractivity contribution in [1.29, 1.82) is 0 Å². The van der Waals surface area contributed by atoms with Crippen molar-refractivity contribution in [2.75, 3.05) is 12.4 Å². The molecule has 0 aliphatic heterocycles. The van der Waals surface area contributed by atoms with E-state index in [1.54, 1.807) is 49.4 Å². The van der Waals surface area contributed by atoms with Crippen LogP contribution in [0.4, 0.5) is 17.1 Å². The highest BCUT2D eigenvalue weighted by Gasteiger charge is 2.21. The highest BCUT2D eigenvalue weighted by molar-refractivity contribution is 7.86. The molecule has 0 aliphatic rings. The zero-order chi connectivity index (χ0) is 27.6. The molecule has 0 fully saturated rings. The predicted octanol–water partition coefficient (Wildman–Crippen LogP) is 7.34. The zero-order valence-corrected chi connectivity index (χ0v) is 22.4. The number of fused-ring (bicyclic) bond motifs is 1. The van der Waals surface area contributed by atoms with Gasteiger partial charge in [0.05, 0.1) is 34.1 Å². The predicted molar refractivity (Wildman–Crippen MR) is 146 cm³/mol. The molecule has 0 heterocycles. The standard InChI is InChI=1S/C26H21Cl2N3O6S/c1-3-16-20(10-11-22(23(16)28)38(34,35)36)30-31-24-17-7-5-4-6-14(17)12-18(25(24)32)26(33)29-21-9-8-15(37-2)13-19(21)27/h4-13,32H,3H2,1-2H3,(H,29,33)(H,34,35,36). The number of carbonyl (C=O) groups is 1. The molecule has 0 unspecified atom stereocenters. The Morgan fingerprint density at radius 2 is 1.79 bits per heavy atom. The Labute approximate surface area is 228 Å². The van der Waals surface area contributed by atoms with Gasteiger partial charge in [-0.05, 0) is 47.7 Å². The summed E-state index contributed by atoms with van der Waals surface area (Å²) in [5.74, 6) is -0.541. The molecule has 0 bridgehead atoms. The number of benzene rings is 4. The Morgan fingerprint density at radius 1 is 1.05 bits per heavy atom. The fraction of sp³-hybridized carbons (Fsp3) is 0.115. The third-order valence-corrected chi connectivity index (χ3v) is 7.49. The van der Waals surface area contributed by atoms with Crippen LogP contribution in [0.2, 0.25) is 10.0 Å². The Morgan fingerprint density at radius 3 is 2.45 bits per heavy atom. The van der Waals surface area contributed by atoms with Crippen molar-refractivity contribution in [3.8, 4) is 11.5 Å². The summed E-state index contributed by atoms with van der Waals surface area (Å²) in [6.45, 7) is 1.73. The van der Waals surface area contributed by atoms with Crippen LogP contribution in [-0.2, 0) is 16.5 Å². The molecule has 0 atom stereocenters. The van der Waals surface area contributed by atoms with Gasteiger partial charge in [0.2, 0.25) is 0 Å². The monoisotopic (exact) mass is 573 g/mol. The van der Waals surface area contributed by atoms with E-state index in [1.165, 1.54) is 19.2 Å². The smallest absolute Gasteiger partial charge is 0.296 e. The van der Waals surface area contributed by atoms with Gasteiger partial charge in [0.1, 0.15) is 16.3 Å². The molecule has 0 saturated heterocycles. The molecule has 0 spiro atoms. The van der Waals surface area contributed by atoms with E-state index in [0.29, 0.717) is 27.8 Å². The molecule has 4 rings (SSSR count). The molecule has 4 aromatic rings. The number of hydrogen-bond donors (Lipinski definition) is 3. The van der Waals surface area contributed by atoms with Gasteiger partial charge in [-0.15, -0.1) is 5.11 Å². The number of amides is 1. The van der Waals surface area contributed by atoms with Gasteiger partial charge in [-0.25, -0.2) is 0 Å². The number of ether oxygens (including phenoxy) is 1. The highest BCUT2D eigenvalue weighted by Crippen LogP contribution is 2.41. The minimum absolute atomic E-state index is 0.0195. The summed E-state index contributed by atoms with van der Waals surface area (Å²) in [7, 11) is -3.05. The van der Waals surface area contributed by atoms with Gasteiger partial charge in [0.25, 0.3) is 16.0 Å². The molecule has 196 valence electrons. The first-order chi connectivity index (χ1) is 18.0. The van der Waals surface area contributed by atoms with Crippen LogP contribution in [0.5, 0.6) is 11.5 Å². The number of halogens is 2. The minimum Gasteiger partial charge on any atom is -0.505 e. The van der Waals surface area contributed by atoms with E-state index in [-0.39, 0.29) is 33.4 Å². The van der Waals surface area contributed by atoms with E-state index in [9.17, 15) is 22.9 Å². The average molecular weight is 574 g/mol. The SMILES string of the molecule is CCc1c(N=Nc2c(O)c(C(=O)Nc3ccc(OC)cc3Cl)cc3ccccc23)ccc(S(=O)(=O)O)c1Cl. The van der Waals surface area contributed by atoms with E-state index < -0.39 is 26.7 Å². The maximum atomic E-state index is 13.2. The van der Waals surface area contributed by atoms with Gasteiger partial charge in [0, 0.05) is 11.5 Å². The quantitative estimate of drug-likeness (QED) is 0.156. The van der Waals surface area contributed by atoms with E-state index in [0.717, 1.165) is 6.07 Å². The summed E-state index contributed by atoms with van der Waals surface area (Å²) in [5, 5.41) is 23.4.